The third kappa shape index (κ3) is 3.75. The summed E-state index contributed by atoms with van der Waals surface area (Å²) >= 11 is 6.08. The fraction of sp³-hybridized carbons (Fsp3) is 0.188. The number of nitrogens with zero attached hydrogens (tertiary/aromatic N) is 2. The van der Waals surface area contributed by atoms with Crippen molar-refractivity contribution < 1.29 is 18.5 Å². The molecule has 3 rings (SSSR count). The third-order valence-corrected chi connectivity index (χ3v) is 3.54. The number of halogens is 1. The molecule has 1 N–H and O–H groups in total. The van der Waals surface area contributed by atoms with Crippen LogP contribution in [0.25, 0.3) is 11.6 Å². The number of carbonyl (C=O) groups is 1. The number of methoxy groups -OCH3 is 1. The number of hydrogen-bond acceptors (Lipinski definition) is 6. The summed E-state index contributed by atoms with van der Waals surface area (Å²) in [6, 6.07) is 8.49. The lowest BCUT2D eigenvalue weighted by molar-refractivity contribution is -0.116. The lowest BCUT2D eigenvalue weighted by Crippen LogP contribution is -2.12. The van der Waals surface area contributed by atoms with Crippen molar-refractivity contribution in [2.24, 2.45) is 0 Å². The number of nitrogens with one attached hydrogen (secondary N) is 1. The molecule has 0 fully saturated rings. The van der Waals surface area contributed by atoms with Gasteiger partial charge in [-0.2, -0.15) is 4.98 Å². The molecular formula is C16H14ClN3O4. The van der Waals surface area contributed by atoms with Crippen LogP contribution in [-0.4, -0.2) is 23.2 Å². The molecule has 24 heavy (non-hydrogen) atoms. The van der Waals surface area contributed by atoms with E-state index in [1.54, 1.807) is 37.4 Å². The van der Waals surface area contributed by atoms with Crippen LogP contribution >= 0.6 is 11.6 Å². The maximum Gasteiger partial charge on any atom is 0.238 e. The molecule has 8 heteroatoms. The second-order valence-corrected chi connectivity index (χ2v) is 5.29. The highest BCUT2D eigenvalue weighted by molar-refractivity contribution is 6.33. The van der Waals surface area contributed by atoms with Crippen molar-refractivity contribution in [1.82, 2.24) is 10.1 Å². The van der Waals surface area contributed by atoms with Crippen molar-refractivity contribution >= 4 is 23.2 Å². The number of carbonyl (C=O) groups excluding carboxylic acids is 1. The Labute approximate surface area is 142 Å². The van der Waals surface area contributed by atoms with Gasteiger partial charge in [-0.15, -0.1) is 0 Å². The van der Waals surface area contributed by atoms with E-state index in [9.17, 15) is 4.79 Å². The number of benzene rings is 1. The predicted octanol–water partition coefficient (Wildman–Crippen LogP) is 3.56. The number of aromatic nitrogens is 2. The van der Waals surface area contributed by atoms with Crippen LogP contribution in [-0.2, 0) is 11.2 Å². The van der Waals surface area contributed by atoms with Gasteiger partial charge in [0.25, 0.3) is 0 Å². The van der Waals surface area contributed by atoms with Crippen LogP contribution in [0.3, 0.4) is 0 Å². The highest BCUT2D eigenvalue weighted by Gasteiger charge is 2.13. The molecule has 0 aliphatic rings. The van der Waals surface area contributed by atoms with Crippen molar-refractivity contribution in [3.05, 3.63) is 47.5 Å². The average molecular weight is 348 g/mol. The molecule has 0 saturated heterocycles. The Bertz CT molecular complexity index is 830. The summed E-state index contributed by atoms with van der Waals surface area (Å²) in [4.78, 5) is 16.2. The zero-order chi connectivity index (χ0) is 16.9. The molecule has 0 saturated carbocycles. The quantitative estimate of drug-likeness (QED) is 0.733. The Morgan fingerprint density at radius 1 is 1.38 bits per heavy atom. The first-order chi connectivity index (χ1) is 11.7. The smallest absolute Gasteiger partial charge is 0.238 e. The largest absolute Gasteiger partial charge is 0.497 e. The van der Waals surface area contributed by atoms with Gasteiger partial charge in [-0.3, -0.25) is 4.79 Å². The van der Waals surface area contributed by atoms with Crippen LogP contribution in [0.5, 0.6) is 5.75 Å². The summed E-state index contributed by atoms with van der Waals surface area (Å²) in [5, 5.41) is 6.94. The van der Waals surface area contributed by atoms with E-state index in [1.165, 1.54) is 6.26 Å². The van der Waals surface area contributed by atoms with E-state index in [0.29, 0.717) is 40.4 Å². The SMILES string of the molecule is COc1ccc(NC(=O)CCc2nc(-c3ccco3)no2)c(Cl)c1. The first-order valence-electron chi connectivity index (χ1n) is 7.15. The summed E-state index contributed by atoms with van der Waals surface area (Å²) in [6.45, 7) is 0. The first-order valence-corrected chi connectivity index (χ1v) is 7.53. The molecule has 0 aliphatic heterocycles. The van der Waals surface area contributed by atoms with E-state index in [1.807, 2.05) is 0 Å². The molecule has 0 atom stereocenters. The van der Waals surface area contributed by atoms with E-state index in [4.69, 9.17) is 25.3 Å². The minimum Gasteiger partial charge on any atom is -0.497 e. The van der Waals surface area contributed by atoms with Crippen molar-refractivity contribution in [1.29, 1.82) is 0 Å². The molecule has 0 bridgehead atoms. The molecule has 2 heterocycles. The highest BCUT2D eigenvalue weighted by Crippen LogP contribution is 2.26. The van der Waals surface area contributed by atoms with Gasteiger partial charge < -0.3 is 19.0 Å². The fourth-order valence-corrected chi connectivity index (χ4v) is 2.24. The summed E-state index contributed by atoms with van der Waals surface area (Å²) in [5.74, 6) is 1.64. The van der Waals surface area contributed by atoms with Gasteiger partial charge in [0.2, 0.25) is 17.6 Å². The number of amides is 1. The van der Waals surface area contributed by atoms with Gasteiger partial charge in [-0.1, -0.05) is 16.8 Å². The van der Waals surface area contributed by atoms with Crippen molar-refractivity contribution in [2.75, 3.05) is 12.4 Å². The van der Waals surface area contributed by atoms with Gasteiger partial charge in [0.1, 0.15) is 5.75 Å². The van der Waals surface area contributed by atoms with Crippen LogP contribution < -0.4 is 10.1 Å². The molecule has 0 spiro atoms. The molecule has 0 unspecified atom stereocenters. The van der Waals surface area contributed by atoms with E-state index in [2.05, 4.69) is 15.5 Å². The van der Waals surface area contributed by atoms with E-state index in [-0.39, 0.29) is 12.3 Å². The molecule has 1 amide bonds. The summed E-state index contributed by atoms with van der Waals surface area (Å²) in [7, 11) is 1.55. The zero-order valence-corrected chi connectivity index (χ0v) is 13.5. The maximum atomic E-state index is 12.0. The molecule has 3 aromatic rings. The number of hydrogen-bond donors (Lipinski definition) is 1. The summed E-state index contributed by atoms with van der Waals surface area (Å²) in [6.07, 6.45) is 2.02. The van der Waals surface area contributed by atoms with Crippen LogP contribution in [0.15, 0.2) is 45.5 Å². The Morgan fingerprint density at radius 2 is 2.25 bits per heavy atom. The van der Waals surface area contributed by atoms with Gasteiger partial charge >= 0.3 is 0 Å². The van der Waals surface area contributed by atoms with Crippen LogP contribution in [0, 0.1) is 0 Å². The molecule has 2 aromatic heterocycles. The lowest BCUT2D eigenvalue weighted by Gasteiger charge is -2.08. The van der Waals surface area contributed by atoms with Gasteiger partial charge in [0.05, 0.1) is 24.1 Å². The third-order valence-electron chi connectivity index (χ3n) is 3.23. The number of rotatable bonds is 6. The minimum atomic E-state index is -0.209. The molecule has 0 aliphatic carbocycles. The van der Waals surface area contributed by atoms with Crippen LogP contribution in [0.4, 0.5) is 5.69 Å². The Kier molecular flexibility index (Phi) is 4.81. The molecular weight excluding hydrogens is 334 g/mol. The average Bonchev–Trinajstić information content (AvgIpc) is 3.26. The van der Waals surface area contributed by atoms with Crippen LogP contribution in [0.2, 0.25) is 5.02 Å². The molecule has 0 radical (unpaired) electrons. The first kappa shape index (κ1) is 16.1. The fourth-order valence-electron chi connectivity index (χ4n) is 2.02. The van der Waals surface area contributed by atoms with Crippen molar-refractivity contribution in [3.8, 4) is 17.3 Å². The lowest BCUT2D eigenvalue weighted by atomic mass is 10.2. The normalized spacial score (nSPS) is 10.6. The van der Waals surface area contributed by atoms with Crippen LogP contribution in [0.1, 0.15) is 12.3 Å². The Morgan fingerprint density at radius 3 is 2.96 bits per heavy atom. The van der Waals surface area contributed by atoms with Gasteiger partial charge in [-0.05, 0) is 24.3 Å². The topological polar surface area (TPSA) is 90.4 Å². The summed E-state index contributed by atoms with van der Waals surface area (Å²) < 4.78 is 15.3. The molecule has 1 aromatic carbocycles. The second-order valence-electron chi connectivity index (χ2n) is 4.88. The predicted molar refractivity (Wildman–Crippen MR) is 87.0 cm³/mol. The van der Waals surface area contributed by atoms with Gasteiger partial charge in [0, 0.05) is 18.9 Å². The Balaban J connectivity index is 1.56. The van der Waals surface area contributed by atoms with E-state index < -0.39 is 0 Å². The molecule has 124 valence electrons. The maximum absolute atomic E-state index is 12.0. The van der Waals surface area contributed by atoms with E-state index >= 15 is 0 Å². The zero-order valence-electron chi connectivity index (χ0n) is 12.8. The number of furan rings is 1. The van der Waals surface area contributed by atoms with Crippen molar-refractivity contribution in [3.63, 3.8) is 0 Å². The van der Waals surface area contributed by atoms with E-state index in [0.717, 1.165) is 0 Å². The standard InChI is InChI=1S/C16H14ClN3O4/c1-22-10-4-5-12(11(17)9-10)18-14(21)6-7-15-19-16(20-24-15)13-3-2-8-23-13/h2-5,8-9H,6-7H2,1H3,(H,18,21). The highest BCUT2D eigenvalue weighted by atomic mass is 35.5. The number of aryl methyl sites for hydroxylation is 1. The van der Waals surface area contributed by atoms with Gasteiger partial charge in [-0.25, -0.2) is 0 Å². The number of anilines is 1. The minimum absolute atomic E-state index is 0.183. The second kappa shape index (κ2) is 7.18. The van der Waals surface area contributed by atoms with Crippen molar-refractivity contribution in [2.45, 2.75) is 12.8 Å². The molecule has 7 nitrogen and oxygen atoms in total. The monoisotopic (exact) mass is 347 g/mol. The summed E-state index contributed by atoms with van der Waals surface area (Å²) in [5.41, 5.74) is 0.518. The Hall–Kier alpha value is -2.80. The number of ether oxygens (including phenoxy) is 1. The van der Waals surface area contributed by atoms with Gasteiger partial charge in [0.15, 0.2) is 5.76 Å².